The lowest BCUT2D eigenvalue weighted by molar-refractivity contribution is -0.137. The first-order valence-corrected chi connectivity index (χ1v) is 9.27. The highest BCUT2D eigenvalue weighted by Gasteiger charge is 2.35. The van der Waals surface area contributed by atoms with Crippen molar-refractivity contribution in [1.82, 2.24) is 9.78 Å². The van der Waals surface area contributed by atoms with Gasteiger partial charge in [0.05, 0.1) is 24.1 Å². The van der Waals surface area contributed by atoms with E-state index >= 15 is 0 Å². The zero-order valence-corrected chi connectivity index (χ0v) is 17.0. The maximum absolute atomic E-state index is 13.1. The molecular weight excluding hydrogens is 411 g/mol. The summed E-state index contributed by atoms with van der Waals surface area (Å²) in [6, 6.07) is 14.6. The predicted octanol–water partition coefficient (Wildman–Crippen LogP) is 4.31. The number of hydrogen-bond acceptors (Lipinski definition) is 4. The summed E-state index contributed by atoms with van der Waals surface area (Å²) in [6.45, 7) is 2.90. The van der Waals surface area contributed by atoms with E-state index < -0.39 is 28.7 Å². The Balaban J connectivity index is 1.98. The first kappa shape index (κ1) is 22.1. The van der Waals surface area contributed by atoms with Crippen molar-refractivity contribution in [2.75, 3.05) is 12.4 Å². The molecule has 1 amide bonds. The molecule has 2 aromatic carbocycles. The molecule has 0 saturated carbocycles. The summed E-state index contributed by atoms with van der Waals surface area (Å²) >= 11 is 0. The van der Waals surface area contributed by atoms with Crippen LogP contribution in [0.25, 0.3) is 11.3 Å². The summed E-state index contributed by atoms with van der Waals surface area (Å²) < 4.78 is 45.3. The van der Waals surface area contributed by atoms with Crippen LogP contribution in [-0.2, 0) is 16.5 Å². The number of hydrogen-bond donors (Lipinski definition) is 1. The molecule has 9 heteroatoms. The van der Waals surface area contributed by atoms with Gasteiger partial charge in [0.15, 0.2) is 0 Å². The Morgan fingerprint density at radius 2 is 1.71 bits per heavy atom. The molecule has 0 aliphatic rings. The molecule has 0 bridgehead atoms. The van der Waals surface area contributed by atoms with Gasteiger partial charge in [-0.05, 0) is 38.1 Å². The third-order valence-electron chi connectivity index (χ3n) is 4.73. The highest BCUT2D eigenvalue weighted by Crippen LogP contribution is 2.35. The summed E-state index contributed by atoms with van der Waals surface area (Å²) in [7, 11) is 1.28. The van der Waals surface area contributed by atoms with Gasteiger partial charge in [-0.15, -0.1) is 0 Å². The van der Waals surface area contributed by atoms with Crippen molar-refractivity contribution >= 4 is 11.6 Å². The van der Waals surface area contributed by atoms with Gasteiger partial charge in [-0.3, -0.25) is 9.59 Å². The zero-order chi connectivity index (χ0) is 22.8. The number of anilines is 1. The van der Waals surface area contributed by atoms with E-state index in [1.54, 1.807) is 12.1 Å². The van der Waals surface area contributed by atoms with E-state index in [4.69, 9.17) is 4.74 Å². The van der Waals surface area contributed by atoms with Crippen molar-refractivity contribution in [2.45, 2.75) is 25.6 Å². The highest BCUT2D eigenvalue weighted by molar-refractivity contribution is 5.97. The van der Waals surface area contributed by atoms with Crippen LogP contribution in [0.4, 0.5) is 18.9 Å². The molecule has 0 saturated heterocycles. The number of methoxy groups -OCH3 is 1. The Morgan fingerprint density at radius 1 is 1.03 bits per heavy atom. The third kappa shape index (κ3) is 4.60. The van der Waals surface area contributed by atoms with E-state index in [0.29, 0.717) is 5.69 Å². The largest absolute Gasteiger partial charge is 0.495 e. The molecule has 1 aromatic heterocycles. The second-order valence-corrected chi connectivity index (χ2v) is 7.26. The number of nitrogens with one attached hydrogen (secondary N) is 1. The molecule has 1 heterocycles. The molecule has 0 aliphatic heterocycles. The smallest absolute Gasteiger partial charge is 0.416 e. The van der Waals surface area contributed by atoms with Crippen molar-refractivity contribution in [3.05, 3.63) is 76.6 Å². The number of benzene rings is 2. The number of ether oxygens (including phenoxy) is 1. The van der Waals surface area contributed by atoms with Crippen LogP contribution < -0.4 is 15.6 Å². The Labute approximate surface area is 176 Å². The van der Waals surface area contributed by atoms with Crippen LogP contribution in [-0.4, -0.2) is 22.8 Å². The Morgan fingerprint density at radius 3 is 2.32 bits per heavy atom. The maximum Gasteiger partial charge on any atom is 0.416 e. The molecule has 0 fully saturated rings. The van der Waals surface area contributed by atoms with Crippen molar-refractivity contribution in [2.24, 2.45) is 0 Å². The molecule has 6 nitrogen and oxygen atoms in total. The Hall–Kier alpha value is -3.62. The van der Waals surface area contributed by atoms with Crippen LogP contribution in [0.5, 0.6) is 5.75 Å². The fraction of sp³-hybridized carbons (Fsp3) is 0.227. The number of halogens is 3. The normalized spacial score (nSPS) is 11.8. The number of rotatable bonds is 5. The monoisotopic (exact) mass is 431 g/mol. The minimum Gasteiger partial charge on any atom is -0.495 e. The minimum absolute atomic E-state index is 0.0514. The van der Waals surface area contributed by atoms with Gasteiger partial charge in [-0.1, -0.05) is 30.3 Å². The molecule has 0 aliphatic carbocycles. The number of aromatic nitrogens is 2. The van der Waals surface area contributed by atoms with Crippen molar-refractivity contribution in [3.8, 4) is 17.0 Å². The van der Waals surface area contributed by atoms with Gasteiger partial charge >= 0.3 is 6.18 Å². The van der Waals surface area contributed by atoms with Gasteiger partial charge in [0, 0.05) is 11.6 Å². The molecule has 0 atom stereocenters. The summed E-state index contributed by atoms with van der Waals surface area (Å²) in [5.74, 6) is -0.680. The van der Waals surface area contributed by atoms with Crippen molar-refractivity contribution < 1.29 is 22.7 Å². The predicted molar refractivity (Wildman–Crippen MR) is 110 cm³/mol. The van der Waals surface area contributed by atoms with E-state index in [2.05, 4.69) is 10.4 Å². The van der Waals surface area contributed by atoms with E-state index in [-0.39, 0.29) is 11.4 Å². The molecule has 0 radical (unpaired) electrons. The van der Waals surface area contributed by atoms with Crippen LogP contribution in [0.3, 0.4) is 0 Å². The van der Waals surface area contributed by atoms with Crippen LogP contribution >= 0.6 is 0 Å². The van der Waals surface area contributed by atoms with Gasteiger partial charge in [0.1, 0.15) is 11.3 Å². The topological polar surface area (TPSA) is 73.2 Å². The molecule has 3 aromatic rings. The summed E-state index contributed by atoms with van der Waals surface area (Å²) in [5, 5.41) is 6.74. The van der Waals surface area contributed by atoms with Gasteiger partial charge < -0.3 is 10.1 Å². The van der Waals surface area contributed by atoms with Crippen molar-refractivity contribution in [1.29, 1.82) is 0 Å². The fourth-order valence-corrected chi connectivity index (χ4v) is 2.93. The number of alkyl halides is 3. The molecule has 162 valence electrons. The van der Waals surface area contributed by atoms with Gasteiger partial charge in [-0.2, -0.15) is 18.3 Å². The first-order chi connectivity index (χ1) is 14.5. The molecule has 3 rings (SSSR count). The third-order valence-corrected chi connectivity index (χ3v) is 4.73. The van der Waals surface area contributed by atoms with Crippen LogP contribution in [0, 0.1) is 0 Å². The quantitative estimate of drug-likeness (QED) is 0.653. The lowest BCUT2D eigenvalue weighted by atomic mass is 10.0. The van der Waals surface area contributed by atoms with Gasteiger partial charge in [0.2, 0.25) is 0 Å². The second kappa shape index (κ2) is 8.25. The van der Waals surface area contributed by atoms with E-state index in [9.17, 15) is 22.8 Å². The average Bonchev–Trinajstić information content (AvgIpc) is 2.73. The fourth-order valence-electron chi connectivity index (χ4n) is 2.93. The number of carbonyl (C=O) groups is 1. The van der Waals surface area contributed by atoms with Crippen molar-refractivity contribution in [3.63, 3.8) is 0 Å². The molecular formula is C22H20F3N3O3. The molecule has 0 spiro atoms. The summed E-state index contributed by atoms with van der Waals surface area (Å²) in [5.41, 5.74) is -1.94. The number of carbonyl (C=O) groups excluding carboxylic acids is 1. The zero-order valence-electron chi connectivity index (χ0n) is 17.0. The molecule has 0 unspecified atom stereocenters. The SMILES string of the molecule is COc1ccc(C(F)(F)F)cc1NC(=O)C(C)(C)n1nc(-c2ccccc2)ccc1=O. The highest BCUT2D eigenvalue weighted by atomic mass is 19.4. The summed E-state index contributed by atoms with van der Waals surface area (Å²) in [4.78, 5) is 25.5. The number of nitrogens with zero attached hydrogens (tertiary/aromatic N) is 2. The van der Waals surface area contributed by atoms with Gasteiger partial charge in [0.25, 0.3) is 11.5 Å². The van der Waals surface area contributed by atoms with E-state index in [1.165, 1.54) is 33.1 Å². The van der Waals surface area contributed by atoms with E-state index in [1.807, 2.05) is 18.2 Å². The average molecular weight is 431 g/mol. The van der Waals surface area contributed by atoms with Crippen LogP contribution in [0.2, 0.25) is 0 Å². The van der Waals surface area contributed by atoms with Crippen LogP contribution in [0.1, 0.15) is 19.4 Å². The minimum atomic E-state index is -4.59. The van der Waals surface area contributed by atoms with Crippen LogP contribution in [0.15, 0.2) is 65.5 Å². The van der Waals surface area contributed by atoms with E-state index in [0.717, 1.165) is 28.4 Å². The molecule has 1 N–H and O–H groups in total. The maximum atomic E-state index is 13.1. The second-order valence-electron chi connectivity index (χ2n) is 7.26. The lowest BCUT2D eigenvalue weighted by Crippen LogP contribution is -2.47. The standard InChI is InChI=1S/C22H20F3N3O3/c1-21(2,28-19(29)12-10-16(27-28)14-7-5-4-6-8-14)20(30)26-17-13-15(22(23,24)25)9-11-18(17)31-3/h4-13H,1-3H3,(H,26,30). The lowest BCUT2D eigenvalue weighted by Gasteiger charge is -2.26. The Kier molecular flexibility index (Phi) is 5.88. The van der Waals surface area contributed by atoms with Gasteiger partial charge in [-0.25, -0.2) is 4.68 Å². The first-order valence-electron chi connectivity index (χ1n) is 9.27. The summed E-state index contributed by atoms with van der Waals surface area (Å²) in [6.07, 6.45) is -4.59. The number of amides is 1. The Bertz CT molecular complexity index is 1160. The molecule has 31 heavy (non-hydrogen) atoms.